The van der Waals surface area contributed by atoms with Crippen molar-refractivity contribution in [1.82, 2.24) is 4.90 Å². The summed E-state index contributed by atoms with van der Waals surface area (Å²) in [5.41, 5.74) is 0.741. The molecule has 2 rings (SSSR count). The van der Waals surface area contributed by atoms with Crippen molar-refractivity contribution < 1.29 is 4.79 Å². The SMILES string of the molecule is CCC(C)C(C=O)(CCN(C(C)C)C(C)C)c1cccc2ccccc12. The highest BCUT2D eigenvalue weighted by Gasteiger charge is 2.38. The molecule has 0 bridgehead atoms. The van der Waals surface area contributed by atoms with Gasteiger partial charge in [-0.2, -0.15) is 0 Å². The quantitative estimate of drug-likeness (QED) is 0.528. The van der Waals surface area contributed by atoms with Crippen molar-refractivity contribution in [2.75, 3.05) is 6.54 Å². The zero-order valence-corrected chi connectivity index (χ0v) is 17.3. The average Bonchev–Trinajstić information content (AvgIpc) is 2.64. The van der Waals surface area contributed by atoms with Crippen molar-refractivity contribution in [2.24, 2.45) is 5.92 Å². The normalized spacial score (nSPS) is 15.6. The van der Waals surface area contributed by atoms with E-state index in [4.69, 9.17) is 0 Å². The molecule has 2 heteroatoms. The van der Waals surface area contributed by atoms with E-state index in [0.717, 1.165) is 19.4 Å². The molecule has 2 nitrogen and oxygen atoms in total. The first-order chi connectivity index (χ1) is 12.4. The summed E-state index contributed by atoms with van der Waals surface area (Å²) in [6.45, 7) is 14.3. The van der Waals surface area contributed by atoms with Gasteiger partial charge in [0, 0.05) is 12.1 Å². The number of hydrogen-bond acceptors (Lipinski definition) is 2. The minimum atomic E-state index is -0.447. The third-order valence-electron chi connectivity index (χ3n) is 6.10. The first-order valence-electron chi connectivity index (χ1n) is 10.1. The van der Waals surface area contributed by atoms with Gasteiger partial charge < -0.3 is 4.79 Å². The first kappa shape index (κ1) is 20.6. The number of nitrogens with zero attached hydrogens (tertiary/aromatic N) is 1. The number of hydrogen-bond donors (Lipinski definition) is 0. The summed E-state index contributed by atoms with van der Waals surface area (Å²) in [4.78, 5) is 15.1. The van der Waals surface area contributed by atoms with Gasteiger partial charge in [-0.15, -0.1) is 0 Å². The molecule has 26 heavy (non-hydrogen) atoms. The minimum Gasteiger partial charge on any atom is -0.302 e. The van der Waals surface area contributed by atoms with Crippen LogP contribution in [0.5, 0.6) is 0 Å². The Morgan fingerprint density at radius 1 is 0.962 bits per heavy atom. The van der Waals surface area contributed by atoms with Crippen molar-refractivity contribution in [1.29, 1.82) is 0 Å². The summed E-state index contributed by atoms with van der Waals surface area (Å²) in [6.07, 6.45) is 3.09. The standard InChI is InChI=1S/C24H35NO/c1-7-20(6)24(17-26,15-16-25(18(2)3)19(4)5)23-14-10-12-21-11-8-9-13-22(21)23/h8-14,17-20H,7,15-16H2,1-6H3. The van der Waals surface area contributed by atoms with Gasteiger partial charge in [0.2, 0.25) is 0 Å². The molecule has 0 aromatic heterocycles. The van der Waals surface area contributed by atoms with Crippen LogP contribution in [0.15, 0.2) is 42.5 Å². The lowest BCUT2D eigenvalue weighted by atomic mass is 9.67. The van der Waals surface area contributed by atoms with E-state index in [0.29, 0.717) is 18.0 Å². The van der Waals surface area contributed by atoms with Crippen LogP contribution in [0.4, 0.5) is 0 Å². The number of carbonyl (C=O) groups is 1. The van der Waals surface area contributed by atoms with E-state index in [-0.39, 0.29) is 0 Å². The van der Waals surface area contributed by atoms with Crippen LogP contribution in [0, 0.1) is 5.92 Å². The summed E-state index contributed by atoms with van der Waals surface area (Å²) in [6, 6.07) is 15.8. The molecular formula is C24H35NO. The number of fused-ring (bicyclic) bond motifs is 1. The lowest BCUT2D eigenvalue weighted by Crippen LogP contribution is -2.44. The monoisotopic (exact) mass is 353 g/mol. The number of benzene rings is 2. The average molecular weight is 354 g/mol. The van der Waals surface area contributed by atoms with Crippen molar-refractivity contribution in [2.45, 2.75) is 71.9 Å². The second-order valence-corrected chi connectivity index (χ2v) is 8.17. The molecular weight excluding hydrogens is 318 g/mol. The van der Waals surface area contributed by atoms with E-state index in [9.17, 15) is 4.79 Å². The molecule has 142 valence electrons. The van der Waals surface area contributed by atoms with Gasteiger partial charge in [-0.25, -0.2) is 0 Å². The molecule has 0 aliphatic heterocycles. The number of rotatable bonds is 9. The zero-order valence-electron chi connectivity index (χ0n) is 17.3. The Bertz CT molecular complexity index is 708. The number of carbonyl (C=O) groups excluding carboxylic acids is 1. The van der Waals surface area contributed by atoms with Crippen LogP contribution in [0.25, 0.3) is 10.8 Å². The summed E-state index contributed by atoms with van der Waals surface area (Å²) in [7, 11) is 0. The fourth-order valence-corrected chi connectivity index (χ4v) is 4.31. The fourth-order valence-electron chi connectivity index (χ4n) is 4.31. The van der Waals surface area contributed by atoms with Crippen LogP contribution in [0.1, 0.15) is 59.9 Å². The molecule has 0 saturated heterocycles. The van der Waals surface area contributed by atoms with Gasteiger partial charge in [0.05, 0.1) is 5.41 Å². The maximum atomic E-state index is 12.6. The molecule has 0 aliphatic rings. The first-order valence-corrected chi connectivity index (χ1v) is 10.1. The van der Waals surface area contributed by atoms with E-state index < -0.39 is 5.41 Å². The van der Waals surface area contributed by atoms with Crippen LogP contribution in [-0.2, 0) is 10.2 Å². The maximum absolute atomic E-state index is 12.6. The molecule has 2 atom stereocenters. The summed E-state index contributed by atoms with van der Waals surface area (Å²) in [5, 5.41) is 2.42. The lowest BCUT2D eigenvalue weighted by Gasteiger charge is -2.39. The predicted octanol–water partition coefficient (Wildman–Crippen LogP) is 5.83. The molecule has 0 spiro atoms. The van der Waals surface area contributed by atoms with Crippen molar-refractivity contribution >= 4 is 17.1 Å². The van der Waals surface area contributed by atoms with E-state index in [1.54, 1.807) is 0 Å². The fraction of sp³-hybridized carbons (Fsp3) is 0.542. The largest absolute Gasteiger partial charge is 0.302 e. The van der Waals surface area contributed by atoms with E-state index >= 15 is 0 Å². The van der Waals surface area contributed by atoms with E-state index in [2.05, 4.69) is 88.9 Å². The second-order valence-electron chi connectivity index (χ2n) is 8.17. The zero-order chi connectivity index (χ0) is 19.3. The summed E-state index contributed by atoms with van der Waals surface area (Å²) >= 11 is 0. The highest BCUT2D eigenvalue weighted by Crippen LogP contribution is 2.40. The third kappa shape index (κ3) is 4.01. The summed E-state index contributed by atoms with van der Waals surface area (Å²) in [5.74, 6) is 0.298. The van der Waals surface area contributed by atoms with Gasteiger partial charge in [0.1, 0.15) is 6.29 Å². The Hall–Kier alpha value is -1.67. The summed E-state index contributed by atoms with van der Waals surface area (Å²) < 4.78 is 0. The Morgan fingerprint density at radius 2 is 1.58 bits per heavy atom. The Labute approximate surface area is 159 Å². The highest BCUT2D eigenvalue weighted by molar-refractivity contribution is 5.90. The van der Waals surface area contributed by atoms with Crippen LogP contribution in [-0.4, -0.2) is 29.8 Å². The molecule has 0 radical (unpaired) electrons. The molecule has 2 aromatic rings. The van der Waals surface area contributed by atoms with Crippen molar-refractivity contribution in [3.05, 3.63) is 48.0 Å². The molecule has 0 aliphatic carbocycles. The Kier molecular flexibility index (Phi) is 7.00. The van der Waals surface area contributed by atoms with Crippen LogP contribution in [0.3, 0.4) is 0 Å². The molecule has 0 fully saturated rings. The molecule has 2 unspecified atom stereocenters. The van der Waals surface area contributed by atoms with Gasteiger partial charge in [0.25, 0.3) is 0 Å². The Morgan fingerprint density at radius 3 is 2.15 bits per heavy atom. The van der Waals surface area contributed by atoms with Crippen molar-refractivity contribution in [3.8, 4) is 0 Å². The smallest absolute Gasteiger partial charge is 0.130 e. The van der Waals surface area contributed by atoms with Crippen LogP contribution < -0.4 is 0 Å². The van der Waals surface area contributed by atoms with Crippen LogP contribution >= 0.6 is 0 Å². The van der Waals surface area contributed by atoms with Crippen molar-refractivity contribution in [3.63, 3.8) is 0 Å². The molecule has 0 amide bonds. The van der Waals surface area contributed by atoms with E-state index in [1.165, 1.54) is 22.6 Å². The molecule has 0 heterocycles. The van der Waals surface area contributed by atoms with Gasteiger partial charge in [-0.05, 0) is 62.9 Å². The van der Waals surface area contributed by atoms with Gasteiger partial charge in [-0.3, -0.25) is 4.90 Å². The second kappa shape index (κ2) is 8.81. The topological polar surface area (TPSA) is 20.3 Å². The molecule has 0 N–H and O–H groups in total. The third-order valence-corrected chi connectivity index (χ3v) is 6.10. The minimum absolute atomic E-state index is 0.298. The molecule has 2 aromatic carbocycles. The van der Waals surface area contributed by atoms with Gasteiger partial charge in [-0.1, -0.05) is 62.7 Å². The van der Waals surface area contributed by atoms with Crippen LogP contribution in [0.2, 0.25) is 0 Å². The maximum Gasteiger partial charge on any atom is 0.130 e. The van der Waals surface area contributed by atoms with Gasteiger partial charge in [0.15, 0.2) is 0 Å². The predicted molar refractivity (Wildman–Crippen MR) is 113 cm³/mol. The molecule has 0 saturated carbocycles. The van der Waals surface area contributed by atoms with Gasteiger partial charge >= 0.3 is 0 Å². The highest BCUT2D eigenvalue weighted by atomic mass is 16.1. The Balaban J connectivity index is 2.53. The lowest BCUT2D eigenvalue weighted by molar-refractivity contribution is -0.114. The van der Waals surface area contributed by atoms with E-state index in [1.807, 2.05) is 0 Å². The number of aldehydes is 1.